The van der Waals surface area contributed by atoms with Gasteiger partial charge in [-0.2, -0.15) is 0 Å². The molecule has 9 nitrogen and oxygen atoms in total. The van der Waals surface area contributed by atoms with Gasteiger partial charge in [0.25, 0.3) is 10.0 Å². The SMILES string of the molecule is CCC(C)NC(=O)C(C)N(Cc1ccccc1Cl)C(=O)CN(c1cc(C)cc(C)c1)S(=O)(=O)c1ccc(OC)c(OC)c1. The number of hydrogen-bond donors (Lipinski definition) is 1. The number of anilines is 1. The molecule has 0 saturated carbocycles. The van der Waals surface area contributed by atoms with Crippen molar-refractivity contribution in [3.05, 3.63) is 82.4 Å². The van der Waals surface area contributed by atoms with E-state index in [9.17, 15) is 18.0 Å². The lowest BCUT2D eigenvalue weighted by Gasteiger charge is -2.33. The number of aryl methyl sites for hydroxylation is 2. The molecule has 11 heteroatoms. The van der Waals surface area contributed by atoms with Crippen molar-refractivity contribution in [2.75, 3.05) is 25.1 Å². The molecule has 1 N–H and O–H groups in total. The van der Waals surface area contributed by atoms with Crippen LogP contribution < -0.4 is 19.1 Å². The van der Waals surface area contributed by atoms with E-state index in [1.54, 1.807) is 43.3 Å². The average molecular weight is 630 g/mol. The maximum Gasteiger partial charge on any atom is 0.264 e. The summed E-state index contributed by atoms with van der Waals surface area (Å²) in [6.45, 7) is 8.59. The van der Waals surface area contributed by atoms with Crippen molar-refractivity contribution in [3.63, 3.8) is 0 Å². The van der Waals surface area contributed by atoms with Gasteiger partial charge in [0.05, 0.1) is 24.8 Å². The van der Waals surface area contributed by atoms with Gasteiger partial charge in [-0.25, -0.2) is 8.42 Å². The van der Waals surface area contributed by atoms with Crippen LogP contribution >= 0.6 is 11.6 Å². The molecular formula is C32H40ClN3O6S. The Kier molecular flexibility index (Phi) is 11.5. The molecule has 43 heavy (non-hydrogen) atoms. The van der Waals surface area contributed by atoms with Crippen molar-refractivity contribution in [1.29, 1.82) is 0 Å². The highest BCUT2D eigenvalue weighted by Gasteiger charge is 2.33. The maximum absolute atomic E-state index is 14.2. The van der Waals surface area contributed by atoms with Gasteiger partial charge in [-0.3, -0.25) is 13.9 Å². The molecule has 0 aliphatic heterocycles. The lowest BCUT2D eigenvalue weighted by Crippen LogP contribution is -2.52. The highest BCUT2D eigenvalue weighted by molar-refractivity contribution is 7.92. The van der Waals surface area contributed by atoms with Crippen LogP contribution in [0.25, 0.3) is 0 Å². The van der Waals surface area contributed by atoms with E-state index in [1.807, 2.05) is 33.8 Å². The van der Waals surface area contributed by atoms with E-state index >= 15 is 0 Å². The van der Waals surface area contributed by atoms with E-state index in [0.717, 1.165) is 15.4 Å². The first kappa shape index (κ1) is 33.7. The number of nitrogens with zero attached hydrogens (tertiary/aromatic N) is 2. The molecule has 0 fully saturated rings. The van der Waals surface area contributed by atoms with E-state index in [4.69, 9.17) is 21.1 Å². The fourth-order valence-electron chi connectivity index (χ4n) is 4.59. The summed E-state index contributed by atoms with van der Waals surface area (Å²) < 4.78 is 40.2. The molecule has 2 unspecified atom stereocenters. The van der Waals surface area contributed by atoms with Crippen LogP contribution in [-0.4, -0.2) is 58.0 Å². The Hall–Kier alpha value is -3.76. The Morgan fingerprint density at radius 3 is 2.14 bits per heavy atom. The number of halogens is 1. The normalized spacial score (nSPS) is 12.7. The van der Waals surface area contributed by atoms with Gasteiger partial charge in [0, 0.05) is 23.7 Å². The molecule has 0 heterocycles. The summed E-state index contributed by atoms with van der Waals surface area (Å²) in [7, 11) is -1.43. The average Bonchev–Trinajstić information content (AvgIpc) is 2.97. The molecule has 0 aromatic heterocycles. The lowest BCUT2D eigenvalue weighted by molar-refractivity contribution is -0.139. The van der Waals surface area contributed by atoms with Crippen LogP contribution in [0.5, 0.6) is 11.5 Å². The van der Waals surface area contributed by atoms with Gasteiger partial charge in [-0.05, 0) is 81.1 Å². The number of sulfonamides is 1. The predicted octanol–water partition coefficient (Wildman–Crippen LogP) is 5.50. The summed E-state index contributed by atoms with van der Waals surface area (Å²) in [5.41, 5.74) is 2.59. The van der Waals surface area contributed by atoms with Gasteiger partial charge in [0.1, 0.15) is 12.6 Å². The molecule has 232 valence electrons. The molecule has 2 atom stereocenters. The Labute approximate surface area is 259 Å². The molecule has 0 bridgehead atoms. The zero-order valence-corrected chi connectivity index (χ0v) is 27.3. The predicted molar refractivity (Wildman–Crippen MR) is 169 cm³/mol. The van der Waals surface area contributed by atoms with Gasteiger partial charge in [-0.1, -0.05) is 42.8 Å². The van der Waals surface area contributed by atoms with E-state index in [2.05, 4.69) is 5.32 Å². The minimum Gasteiger partial charge on any atom is -0.493 e. The van der Waals surface area contributed by atoms with E-state index in [1.165, 1.54) is 37.3 Å². The zero-order chi connectivity index (χ0) is 31.9. The molecule has 2 amide bonds. The molecule has 0 radical (unpaired) electrons. The Morgan fingerprint density at radius 1 is 0.930 bits per heavy atom. The van der Waals surface area contributed by atoms with Gasteiger partial charge >= 0.3 is 0 Å². The smallest absolute Gasteiger partial charge is 0.264 e. The summed E-state index contributed by atoms with van der Waals surface area (Å²) in [5.74, 6) is -0.334. The first-order valence-corrected chi connectivity index (χ1v) is 15.8. The number of carbonyl (C=O) groups is 2. The third-order valence-corrected chi connectivity index (χ3v) is 9.32. The number of benzene rings is 3. The Bertz CT molecular complexity index is 1540. The second kappa shape index (κ2) is 14.6. The van der Waals surface area contributed by atoms with E-state index in [0.29, 0.717) is 28.4 Å². The summed E-state index contributed by atoms with van der Waals surface area (Å²) in [4.78, 5) is 28.7. The highest BCUT2D eigenvalue weighted by atomic mass is 35.5. The molecule has 0 saturated heterocycles. The van der Waals surface area contributed by atoms with Crippen LogP contribution in [0.15, 0.2) is 65.6 Å². The minimum atomic E-state index is -4.30. The monoisotopic (exact) mass is 629 g/mol. The van der Waals surface area contributed by atoms with Crippen molar-refractivity contribution in [3.8, 4) is 11.5 Å². The highest BCUT2D eigenvalue weighted by Crippen LogP contribution is 2.33. The van der Waals surface area contributed by atoms with Crippen molar-refractivity contribution in [1.82, 2.24) is 10.2 Å². The number of amides is 2. The number of methoxy groups -OCH3 is 2. The van der Waals surface area contributed by atoms with Gasteiger partial charge in [0.2, 0.25) is 11.8 Å². The Morgan fingerprint density at radius 2 is 1.56 bits per heavy atom. The summed E-state index contributed by atoms with van der Waals surface area (Å²) in [6, 6.07) is 15.6. The second-order valence-corrected chi connectivity index (χ2v) is 12.8. The van der Waals surface area contributed by atoms with Crippen LogP contribution in [-0.2, 0) is 26.2 Å². The fraction of sp³-hybridized carbons (Fsp3) is 0.375. The number of rotatable bonds is 13. The zero-order valence-electron chi connectivity index (χ0n) is 25.7. The molecular weight excluding hydrogens is 590 g/mol. The van der Waals surface area contributed by atoms with E-state index < -0.39 is 28.5 Å². The van der Waals surface area contributed by atoms with Gasteiger partial charge in [0.15, 0.2) is 11.5 Å². The van der Waals surface area contributed by atoms with Crippen LogP contribution in [0.1, 0.15) is 43.9 Å². The number of carbonyl (C=O) groups excluding carboxylic acids is 2. The van der Waals surface area contributed by atoms with Crippen molar-refractivity contribution >= 4 is 39.1 Å². The summed E-state index contributed by atoms with van der Waals surface area (Å²) >= 11 is 6.44. The standard InChI is InChI=1S/C32H40ClN3O6S/c1-8-23(4)34-32(38)24(5)35(19-25-11-9-10-12-28(25)33)31(37)20-36(26-16-21(2)15-22(3)17-26)43(39,40)27-13-14-29(41-6)30(18-27)42-7/h9-18,23-24H,8,19-20H2,1-7H3,(H,34,38). The third kappa shape index (κ3) is 8.20. The van der Waals surface area contributed by atoms with Crippen molar-refractivity contribution in [2.45, 2.75) is 64.6 Å². The van der Waals surface area contributed by atoms with E-state index in [-0.39, 0.29) is 29.1 Å². The molecule has 3 aromatic carbocycles. The van der Waals surface area contributed by atoms with Crippen molar-refractivity contribution in [2.24, 2.45) is 0 Å². The quantitative estimate of drug-likeness (QED) is 0.268. The third-order valence-electron chi connectivity index (χ3n) is 7.18. The Balaban J connectivity index is 2.12. The summed E-state index contributed by atoms with van der Waals surface area (Å²) in [5, 5.41) is 3.35. The summed E-state index contributed by atoms with van der Waals surface area (Å²) in [6.07, 6.45) is 0.709. The molecule has 0 spiro atoms. The topological polar surface area (TPSA) is 105 Å². The number of nitrogens with one attached hydrogen (secondary N) is 1. The van der Waals surface area contributed by atoms with Crippen LogP contribution in [0.2, 0.25) is 5.02 Å². The van der Waals surface area contributed by atoms with Crippen LogP contribution in [0, 0.1) is 13.8 Å². The van der Waals surface area contributed by atoms with Crippen molar-refractivity contribution < 1.29 is 27.5 Å². The maximum atomic E-state index is 14.2. The number of hydrogen-bond acceptors (Lipinski definition) is 6. The van der Waals surface area contributed by atoms with Crippen LogP contribution in [0.4, 0.5) is 5.69 Å². The molecule has 3 aromatic rings. The first-order valence-electron chi connectivity index (χ1n) is 14.0. The lowest BCUT2D eigenvalue weighted by atomic mass is 10.1. The second-order valence-electron chi connectivity index (χ2n) is 10.5. The molecule has 0 aliphatic rings. The first-order chi connectivity index (χ1) is 20.3. The van der Waals surface area contributed by atoms with Gasteiger partial charge < -0.3 is 19.7 Å². The molecule has 0 aliphatic carbocycles. The minimum absolute atomic E-state index is 0.00465. The molecule has 3 rings (SSSR count). The number of ether oxygens (including phenoxy) is 2. The largest absolute Gasteiger partial charge is 0.493 e. The van der Waals surface area contributed by atoms with Gasteiger partial charge in [-0.15, -0.1) is 0 Å². The fourth-order valence-corrected chi connectivity index (χ4v) is 6.20. The van der Waals surface area contributed by atoms with Crippen LogP contribution in [0.3, 0.4) is 0 Å².